The first-order chi connectivity index (χ1) is 6.06. The number of alkyl halides is 2. The van der Waals surface area contributed by atoms with E-state index in [-0.39, 0.29) is 10.9 Å². The van der Waals surface area contributed by atoms with Crippen LogP contribution in [0.1, 0.15) is 12.1 Å². The van der Waals surface area contributed by atoms with Gasteiger partial charge in [-0.2, -0.15) is 0 Å². The number of halogens is 4. The Balaban J connectivity index is 3.22. The molecule has 0 radical (unpaired) electrons. The highest BCUT2D eigenvalue weighted by Gasteiger charge is 2.17. The molecular weight excluding hydrogens is 267 g/mol. The fraction of sp³-hybridized carbons (Fsp3) is 0.286. The van der Waals surface area contributed by atoms with E-state index in [0.29, 0.717) is 4.47 Å². The van der Waals surface area contributed by atoms with Crippen molar-refractivity contribution in [2.45, 2.75) is 6.43 Å². The lowest BCUT2D eigenvalue weighted by molar-refractivity contribution is 0.145. The Labute approximate surface area is 87.0 Å². The molecule has 72 valence electrons. The van der Waals surface area contributed by atoms with Gasteiger partial charge in [-0.05, 0) is 22.0 Å². The lowest BCUT2D eigenvalue weighted by atomic mass is 10.3. The van der Waals surface area contributed by atoms with Crippen molar-refractivity contribution >= 4 is 27.5 Å². The molecule has 0 aliphatic heterocycles. The zero-order valence-corrected chi connectivity index (χ0v) is 8.86. The van der Waals surface area contributed by atoms with Crippen molar-refractivity contribution in [3.05, 3.63) is 21.3 Å². The predicted octanol–water partition coefficient (Wildman–Crippen LogP) is 3.44. The van der Waals surface area contributed by atoms with E-state index in [0.717, 1.165) is 0 Å². The largest absolute Gasteiger partial charge is 0.480 e. The summed E-state index contributed by atoms with van der Waals surface area (Å²) in [6.45, 7) is 0. The van der Waals surface area contributed by atoms with Crippen molar-refractivity contribution in [1.82, 2.24) is 4.98 Å². The average Bonchev–Trinajstić information content (AvgIpc) is 2.03. The van der Waals surface area contributed by atoms with Gasteiger partial charge in [0.1, 0.15) is 5.69 Å². The predicted molar refractivity (Wildman–Crippen MR) is 48.5 cm³/mol. The van der Waals surface area contributed by atoms with Crippen LogP contribution in [0.15, 0.2) is 10.5 Å². The standard InChI is InChI=1S/C7H5BrClF2NO/c1-13-7-3(8)2-4(9)5(12-7)6(10)11/h2,6H,1H3. The summed E-state index contributed by atoms with van der Waals surface area (Å²) in [6.07, 6.45) is -2.70. The fourth-order valence-corrected chi connectivity index (χ4v) is 1.60. The number of hydrogen-bond acceptors (Lipinski definition) is 2. The zero-order chi connectivity index (χ0) is 10.0. The molecule has 2 nitrogen and oxygen atoms in total. The zero-order valence-electron chi connectivity index (χ0n) is 6.52. The van der Waals surface area contributed by atoms with Gasteiger partial charge in [-0.25, -0.2) is 13.8 Å². The van der Waals surface area contributed by atoms with Crippen LogP contribution in [-0.2, 0) is 0 Å². The summed E-state index contributed by atoms with van der Waals surface area (Å²) in [5.41, 5.74) is -0.471. The summed E-state index contributed by atoms with van der Waals surface area (Å²) in [5, 5.41) is -0.0809. The summed E-state index contributed by atoms with van der Waals surface area (Å²) in [5.74, 6) is 0.0969. The third-order valence-electron chi connectivity index (χ3n) is 1.32. The molecule has 6 heteroatoms. The van der Waals surface area contributed by atoms with Crippen LogP contribution in [0.5, 0.6) is 5.88 Å². The van der Waals surface area contributed by atoms with Gasteiger partial charge in [0, 0.05) is 0 Å². The molecule has 0 saturated heterocycles. The normalized spacial score (nSPS) is 10.6. The smallest absolute Gasteiger partial charge is 0.281 e. The number of pyridine rings is 1. The highest BCUT2D eigenvalue weighted by molar-refractivity contribution is 9.10. The molecule has 0 bridgehead atoms. The van der Waals surface area contributed by atoms with Crippen molar-refractivity contribution in [3.8, 4) is 5.88 Å². The molecule has 1 heterocycles. The lowest BCUT2D eigenvalue weighted by Crippen LogP contribution is -1.96. The summed E-state index contributed by atoms with van der Waals surface area (Å²) < 4.78 is 29.7. The Morgan fingerprint density at radius 3 is 2.69 bits per heavy atom. The van der Waals surface area contributed by atoms with Crippen molar-refractivity contribution in [1.29, 1.82) is 0 Å². The second-order valence-electron chi connectivity index (χ2n) is 2.15. The van der Waals surface area contributed by atoms with Crippen LogP contribution in [0.2, 0.25) is 5.02 Å². The second-order valence-corrected chi connectivity index (χ2v) is 3.41. The lowest BCUT2D eigenvalue weighted by Gasteiger charge is -2.06. The van der Waals surface area contributed by atoms with E-state index in [1.165, 1.54) is 13.2 Å². The van der Waals surface area contributed by atoms with E-state index in [2.05, 4.69) is 20.9 Å². The molecule has 0 atom stereocenters. The maximum atomic E-state index is 12.3. The molecule has 0 unspecified atom stereocenters. The van der Waals surface area contributed by atoms with Gasteiger partial charge in [-0.3, -0.25) is 0 Å². The van der Waals surface area contributed by atoms with Crippen LogP contribution in [-0.4, -0.2) is 12.1 Å². The van der Waals surface area contributed by atoms with Crippen LogP contribution in [0.25, 0.3) is 0 Å². The topological polar surface area (TPSA) is 22.1 Å². The van der Waals surface area contributed by atoms with Gasteiger partial charge in [0.25, 0.3) is 6.43 Å². The Bertz CT molecular complexity index is 322. The van der Waals surface area contributed by atoms with E-state index in [4.69, 9.17) is 16.3 Å². The van der Waals surface area contributed by atoms with Gasteiger partial charge < -0.3 is 4.74 Å². The first-order valence-electron chi connectivity index (χ1n) is 3.24. The molecular formula is C7H5BrClF2NO. The number of ether oxygens (including phenoxy) is 1. The third-order valence-corrected chi connectivity index (χ3v) is 2.20. The molecule has 0 aliphatic carbocycles. The van der Waals surface area contributed by atoms with Crippen LogP contribution in [0.4, 0.5) is 8.78 Å². The molecule has 0 spiro atoms. The summed E-state index contributed by atoms with van der Waals surface area (Å²) >= 11 is 8.60. The maximum Gasteiger partial charge on any atom is 0.281 e. The number of nitrogens with zero attached hydrogens (tertiary/aromatic N) is 1. The number of rotatable bonds is 2. The van der Waals surface area contributed by atoms with E-state index in [9.17, 15) is 8.78 Å². The molecule has 1 aromatic heterocycles. The molecule has 13 heavy (non-hydrogen) atoms. The summed E-state index contributed by atoms with van der Waals surface area (Å²) in [6, 6.07) is 1.33. The quantitative estimate of drug-likeness (QED) is 0.823. The van der Waals surface area contributed by atoms with Gasteiger partial charge in [-0.1, -0.05) is 11.6 Å². The first kappa shape index (κ1) is 10.7. The summed E-state index contributed by atoms with van der Waals surface area (Å²) in [7, 11) is 1.34. The molecule has 0 N–H and O–H groups in total. The monoisotopic (exact) mass is 271 g/mol. The van der Waals surface area contributed by atoms with Crippen LogP contribution < -0.4 is 4.74 Å². The average molecular weight is 272 g/mol. The number of aromatic nitrogens is 1. The highest BCUT2D eigenvalue weighted by Crippen LogP contribution is 2.32. The van der Waals surface area contributed by atoms with Gasteiger partial charge in [0.2, 0.25) is 5.88 Å². The molecule has 0 fully saturated rings. The Kier molecular flexibility index (Phi) is 3.44. The third kappa shape index (κ3) is 2.28. The molecule has 0 amide bonds. The van der Waals surface area contributed by atoms with Crippen LogP contribution in [0, 0.1) is 0 Å². The van der Waals surface area contributed by atoms with Crippen molar-refractivity contribution in [3.63, 3.8) is 0 Å². The van der Waals surface area contributed by atoms with E-state index in [1.807, 2.05) is 0 Å². The van der Waals surface area contributed by atoms with E-state index in [1.54, 1.807) is 0 Å². The highest BCUT2D eigenvalue weighted by atomic mass is 79.9. The van der Waals surface area contributed by atoms with Crippen molar-refractivity contribution in [2.24, 2.45) is 0 Å². The molecule has 0 saturated carbocycles. The van der Waals surface area contributed by atoms with E-state index >= 15 is 0 Å². The minimum atomic E-state index is -2.70. The maximum absolute atomic E-state index is 12.3. The van der Waals surface area contributed by atoms with Crippen LogP contribution >= 0.6 is 27.5 Å². The van der Waals surface area contributed by atoms with Gasteiger partial charge in [-0.15, -0.1) is 0 Å². The van der Waals surface area contributed by atoms with Gasteiger partial charge in [0.05, 0.1) is 16.6 Å². The minimum Gasteiger partial charge on any atom is -0.480 e. The minimum absolute atomic E-state index is 0.0809. The molecule has 1 aromatic rings. The van der Waals surface area contributed by atoms with Crippen molar-refractivity contribution in [2.75, 3.05) is 7.11 Å². The number of hydrogen-bond donors (Lipinski definition) is 0. The Morgan fingerprint density at radius 1 is 1.62 bits per heavy atom. The molecule has 0 aliphatic rings. The van der Waals surface area contributed by atoms with Gasteiger partial charge >= 0.3 is 0 Å². The number of methoxy groups -OCH3 is 1. The molecule has 1 rings (SSSR count). The SMILES string of the molecule is COc1nc(C(F)F)c(Cl)cc1Br. The van der Waals surface area contributed by atoms with E-state index < -0.39 is 12.1 Å². The van der Waals surface area contributed by atoms with Gasteiger partial charge in [0.15, 0.2) is 0 Å². The second kappa shape index (κ2) is 4.19. The first-order valence-corrected chi connectivity index (χ1v) is 4.41. The Morgan fingerprint density at radius 2 is 2.23 bits per heavy atom. The summed E-state index contributed by atoms with van der Waals surface area (Å²) in [4.78, 5) is 3.54. The van der Waals surface area contributed by atoms with Crippen LogP contribution in [0.3, 0.4) is 0 Å². The Hall–Kier alpha value is -0.420. The fourth-order valence-electron chi connectivity index (χ4n) is 0.759. The molecule has 0 aromatic carbocycles. The van der Waals surface area contributed by atoms with Crippen molar-refractivity contribution < 1.29 is 13.5 Å².